The summed E-state index contributed by atoms with van der Waals surface area (Å²) in [5, 5.41) is 6.91. The van der Waals surface area contributed by atoms with Gasteiger partial charge in [-0.25, -0.2) is 0 Å². The Morgan fingerprint density at radius 2 is 1.86 bits per heavy atom. The van der Waals surface area contributed by atoms with E-state index < -0.39 is 0 Å². The van der Waals surface area contributed by atoms with E-state index in [-0.39, 0.29) is 5.41 Å². The van der Waals surface area contributed by atoms with Crippen LogP contribution in [0.5, 0.6) is 0 Å². The quantitative estimate of drug-likeness (QED) is 0.554. The van der Waals surface area contributed by atoms with Crippen molar-refractivity contribution in [2.45, 2.75) is 26.8 Å². The van der Waals surface area contributed by atoms with Gasteiger partial charge in [0.25, 0.3) is 0 Å². The lowest BCUT2D eigenvalue weighted by molar-refractivity contribution is -0.0971. The molecule has 22 heavy (non-hydrogen) atoms. The average molecular weight is 312 g/mol. The Balaban J connectivity index is 1.78. The lowest BCUT2D eigenvalue weighted by atomic mass is 9.89. The summed E-state index contributed by atoms with van der Waals surface area (Å²) in [4.78, 5) is 6.86. The van der Waals surface area contributed by atoms with Gasteiger partial charge in [0.2, 0.25) is 0 Å². The lowest BCUT2D eigenvalue weighted by Gasteiger charge is -2.39. The maximum absolute atomic E-state index is 5.46. The average Bonchev–Trinajstić information content (AvgIpc) is 2.49. The molecule has 0 aliphatic carbocycles. The predicted octanol–water partition coefficient (Wildman–Crippen LogP) is 0.545. The molecule has 2 fully saturated rings. The standard InChI is InChI=1S/C16H32N4O2/c1-13(2)14(20-5-7-21-8-6-20)9-18-15(17-4)19-10-16(3)11-22-12-16/h13-14H,5-12H2,1-4H3,(H2,17,18,19). The van der Waals surface area contributed by atoms with Crippen molar-refractivity contribution in [3.63, 3.8) is 0 Å². The molecule has 1 atom stereocenters. The van der Waals surface area contributed by atoms with Gasteiger partial charge in [0.05, 0.1) is 26.4 Å². The van der Waals surface area contributed by atoms with Gasteiger partial charge in [-0.3, -0.25) is 9.89 Å². The zero-order valence-corrected chi connectivity index (χ0v) is 14.5. The van der Waals surface area contributed by atoms with Crippen molar-refractivity contribution in [2.24, 2.45) is 16.3 Å². The van der Waals surface area contributed by atoms with Crippen LogP contribution in [0.2, 0.25) is 0 Å². The van der Waals surface area contributed by atoms with E-state index in [0.29, 0.717) is 12.0 Å². The molecule has 2 heterocycles. The highest BCUT2D eigenvalue weighted by Crippen LogP contribution is 2.24. The van der Waals surface area contributed by atoms with Crippen LogP contribution in [-0.4, -0.2) is 76.6 Å². The first kappa shape index (κ1) is 17.5. The van der Waals surface area contributed by atoms with Crippen LogP contribution in [0.25, 0.3) is 0 Å². The van der Waals surface area contributed by atoms with Gasteiger partial charge in [-0.1, -0.05) is 20.8 Å². The highest BCUT2D eigenvalue weighted by Gasteiger charge is 2.33. The van der Waals surface area contributed by atoms with Gasteiger partial charge in [-0.15, -0.1) is 0 Å². The fourth-order valence-electron chi connectivity index (χ4n) is 2.97. The monoisotopic (exact) mass is 312 g/mol. The van der Waals surface area contributed by atoms with Crippen LogP contribution in [0, 0.1) is 11.3 Å². The number of hydrogen-bond acceptors (Lipinski definition) is 4. The van der Waals surface area contributed by atoms with Crippen LogP contribution in [0.15, 0.2) is 4.99 Å². The fourth-order valence-corrected chi connectivity index (χ4v) is 2.97. The van der Waals surface area contributed by atoms with E-state index in [1.54, 1.807) is 0 Å². The molecule has 2 N–H and O–H groups in total. The third-order valence-corrected chi connectivity index (χ3v) is 4.57. The molecule has 1 unspecified atom stereocenters. The highest BCUT2D eigenvalue weighted by atomic mass is 16.5. The lowest BCUT2D eigenvalue weighted by Crippen LogP contribution is -2.54. The van der Waals surface area contributed by atoms with Crippen LogP contribution in [0.3, 0.4) is 0 Å². The Morgan fingerprint density at radius 3 is 2.36 bits per heavy atom. The summed E-state index contributed by atoms with van der Waals surface area (Å²) >= 11 is 0. The summed E-state index contributed by atoms with van der Waals surface area (Å²) in [5.41, 5.74) is 0.249. The Bertz CT molecular complexity index is 363. The zero-order chi connectivity index (χ0) is 16.0. The van der Waals surface area contributed by atoms with Crippen molar-refractivity contribution in [3.05, 3.63) is 0 Å². The second kappa shape index (κ2) is 8.13. The minimum atomic E-state index is 0.249. The number of guanidine groups is 1. The molecule has 0 saturated carbocycles. The van der Waals surface area contributed by atoms with Gasteiger partial charge in [-0.05, 0) is 5.92 Å². The van der Waals surface area contributed by atoms with Crippen molar-refractivity contribution in [1.29, 1.82) is 0 Å². The molecule has 0 aromatic carbocycles. The maximum Gasteiger partial charge on any atom is 0.191 e. The Morgan fingerprint density at radius 1 is 1.18 bits per heavy atom. The molecule has 0 bridgehead atoms. The van der Waals surface area contributed by atoms with Gasteiger partial charge in [-0.2, -0.15) is 0 Å². The summed E-state index contributed by atoms with van der Waals surface area (Å²) in [7, 11) is 1.83. The zero-order valence-electron chi connectivity index (χ0n) is 14.5. The second-order valence-electron chi connectivity index (χ2n) is 7.07. The smallest absolute Gasteiger partial charge is 0.191 e. The first-order valence-electron chi connectivity index (χ1n) is 8.38. The first-order valence-corrected chi connectivity index (χ1v) is 8.38. The molecule has 2 aliphatic heterocycles. The van der Waals surface area contributed by atoms with Gasteiger partial charge in [0.1, 0.15) is 0 Å². The van der Waals surface area contributed by atoms with Crippen molar-refractivity contribution in [3.8, 4) is 0 Å². The molecule has 0 aromatic heterocycles. The maximum atomic E-state index is 5.46. The highest BCUT2D eigenvalue weighted by molar-refractivity contribution is 5.79. The van der Waals surface area contributed by atoms with E-state index in [0.717, 1.165) is 58.6 Å². The van der Waals surface area contributed by atoms with Crippen LogP contribution >= 0.6 is 0 Å². The van der Waals surface area contributed by atoms with Crippen molar-refractivity contribution < 1.29 is 9.47 Å². The molecule has 2 saturated heterocycles. The Hall–Kier alpha value is -0.850. The van der Waals surface area contributed by atoms with Gasteiger partial charge in [0, 0.05) is 44.7 Å². The van der Waals surface area contributed by atoms with E-state index in [2.05, 4.69) is 41.3 Å². The SMILES string of the molecule is CN=C(NCC(C(C)C)N1CCOCC1)NCC1(C)COC1. The molecular formula is C16H32N4O2. The topological polar surface area (TPSA) is 58.1 Å². The van der Waals surface area contributed by atoms with E-state index in [9.17, 15) is 0 Å². The van der Waals surface area contributed by atoms with Crippen molar-refractivity contribution in [1.82, 2.24) is 15.5 Å². The molecule has 6 heteroatoms. The molecule has 0 amide bonds. The second-order valence-corrected chi connectivity index (χ2v) is 7.07. The number of ether oxygens (including phenoxy) is 2. The predicted molar refractivity (Wildman–Crippen MR) is 89.3 cm³/mol. The normalized spacial score (nSPS) is 24.0. The number of rotatable bonds is 6. The Labute approximate surface area is 134 Å². The summed E-state index contributed by atoms with van der Waals surface area (Å²) < 4.78 is 10.8. The summed E-state index contributed by atoms with van der Waals surface area (Å²) in [5.74, 6) is 1.48. The van der Waals surface area contributed by atoms with Crippen LogP contribution in [0.4, 0.5) is 0 Å². The molecule has 2 aliphatic rings. The number of aliphatic imine (C=N–C) groups is 1. The number of morpholine rings is 1. The van der Waals surface area contributed by atoms with Gasteiger partial charge in [0.15, 0.2) is 5.96 Å². The molecule has 0 spiro atoms. The third kappa shape index (κ3) is 4.83. The summed E-state index contributed by atoms with van der Waals surface area (Å²) in [6, 6.07) is 0.505. The van der Waals surface area contributed by atoms with Crippen LogP contribution in [-0.2, 0) is 9.47 Å². The van der Waals surface area contributed by atoms with Crippen molar-refractivity contribution in [2.75, 3.05) is 59.7 Å². The minimum absolute atomic E-state index is 0.249. The number of nitrogens with zero attached hydrogens (tertiary/aromatic N) is 2. The Kier molecular flexibility index (Phi) is 6.47. The molecule has 0 aromatic rings. The van der Waals surface area contributed by atoms with Crippen molar-refractivity contribution >= 4 is 5.96 Å². The third-order valence-electron chi connectivity index (χ3n) is 4.57. The first-order chi connectivity index (χ1) is 10.5. The molecule has 6 nitrogen and oxygen atoms in total. The number of nitrogens with one attached hydrogen (secondary N) is 2. The van der Waals surface area contributed by atoms with Gasteiger partial charge >= 0.3 is 0 Å². The van der Waals surface area contributed by atoms with Crippen LogP contribution in [0.1, 0.15) is 20.8 Å². The van der Waals surface area contributed by atoms with E-state index in [1.807, 2.05) is 7.05 Å². The van der Waals surface area contributed by atoms with Crippen LogP contribution < -0.4 is 10.6 Å². The van der Waals surface area contributed by atoms with E-state index in [1.165, 1.54) is 0 Å². The molecule has 0 radical (unpaired) electrons. The molecular weight excluding hydrogens is 280 g/mol. The molecule has 2 rings (SSSR count). The summed E-state index contributed by atoms with van der Waals surface area (Å²) in [6.07, 6.45) is 0. The minimum Gasteiger partial charge on any atom is -0.380 e. The van der Waals surface area contributed by atoms with E-state index >= 15 is 0 Å². The number of hydrogen-bond donors (Lipinski definition) is 2. The largest absolute Gasteiger partial charge is 0.380 e. The fraction of sp³-hybridized carbons (Fsp3) is 0.938. The van der Waals surface area contributed by atoms with E-state index in [4.69, 9.17) is 9.47 Å². The van der Waals surface area contributed by atoms with Gasteiger partial charge < -0.3 is 20.1 Å². The summed E-state index contributed by atoms with van der Waals surface area (Å²) in [6.45, 7) is 14.0. The molecule has 128 valence electrons.